The van der Waals surface area contributed by atoms with Crippen LogP contribution in [0.3, 0.4) is 0 Å². The number of nitrogens with one attached hydrogen (secondary N) is 1. The molecule has 0 fully saturated rings. The number of benzene rings is 2. The molecule has 3 rings (SSSR count). The fraction of sp³-hybridized carbons (Fsp3) is 0.440. The number of hydrogen-bond acceptors (Lipinski definition) is 6. The van der Waals surface area contributed by atoms with Crippen LogP contribution in [0.5, 0.6) is 11.5 Å². The van der Waals surface area contributed by atoms with Gasteiger partial charge in [0, 0.05) is 19.2 Å². The quantitative estimate of drug-likeness (QED) is 0.439. The number of nitrogens with zero attached hydrogens (tertiary/aromatic N) is 2. The molecule has 2 aromatic rings. The first-order valence-corrected chi connectivity index (χ1v) is 14.4. The lowest BCUT2D eigenvalue weighted by molar-refractivity contribution is -0.140. The SMILES string of the molecule is CCNC(=O)[C@H](CC)N(Cc1ccc(Cl)c(Cl)c1)C(=O)CN(c1ccc2c(c1)OCCO2)S(=O)(=O)CC. The van der Waals surface area contributed by atoms with E-state index < -0.39 is 28.5 Å². The summed E-state index contributed by atoms with van der Waals surface area (Å²) in [5.74, 6) is -0.207. The Hall–Kier alpha value is -2.69. The summed E-state index contributed by atoms with van der Waals surface area (Å²) in [5.41, 5.74) is 0.912. The van der Waals surface area contributed by atoms with Gasteiger partial charge in [-0.3, -0.25) is 13.9 Å². The Labute approximate surface area is 227 Å². The van der Waals surface area contributed by atoms with Crippen LogP contribution >= 0.6 is 23.2 Å². The Morgan fingerprint density at radius 3 is 2.32 bits per heavy atom. The van der Waals surface area contributed by atoms with E-state index in [1.165, 1.54) is 11.8 Å². The molecule has 2 amide bonds. The van der Waals surface area contributed by atoms with Crippen LogP contribution in [0.15, 0.2) is 36.4 Å². The van der Waals surface area contributed by atoms with Crippen molar-refractivity contribution in [1.29, 1.82) is 0 Å². The summed E-state index contributed by atoms with van der Waals surface area (Å²) >= 11 is 12.2. The van der Waals surface area contributed by atoms with Gasteiger partial charge in [0.2, 0.25) is 21.8 Å². The maximum Gasteiger partial charge on any atom is 0.244 e. The predicted molar refractivity (Wildman–Crippen MR) is 144 cm³/mol. The average molecular weight is 573 g/mol. The van der Waals surface area contributed by atoms with Crippen molar-refractivity contribution in [2.75, 3.05) is 36.4 Å². The number of sulfonamides is 1. The van der Waals surface area contributed by atoms with E-state index in [0.29, 0.717) is 53.3 Å². The summed E-state index contributed by atoms with van der Waals surface area (Å²) in [5, 5.41) is 3.42. The fourth-order valence-electron chi connectivity index (χ4n) is 3.95. The van der Waals surface area contributed by atoms with E-state index in [1.54, 1.807) is 50.2 Å². The Bertz CT molecular complexity index is 1240. The molecule has 2 aromatic carbocycles. The predicted octanol–water partition coefficient (Wildman–Crippen LogP) is 3.86. The van der Waals surface area contributed by atoms with Crippen LogP contribution in [0.25, 0.3) is 0 Å². The molecule has 1 heterocycles. The van der Waals surface area contributed by atoms with Crippen LogP contribution in [0.1, 0.15) is 32.8 Å². The van der Waals surface area contributed by atoms with Gasteiger partial charge in [0.15, 0.2) is 11.5 Å². The van der Waals surface area contributed by atoms with Gasteiger partial charge in [0.25, 0.3) is 0 Å². The van der Waals surface area contributed by atoms with Crippen molar-refractivity contribution >= 4 is 50.7 Å². The summed E-state index contributed by atoms with van der Waals surface area (Å²) in [4.78, 5) is 28.0. The van der Waals surface area contributed by atoms with Crippen molar-refractivity contribution in [3.05, 3.63) is 52.0 Å². The highest BCUT2D eigenvalue weighted by Crippen LogP contribution is 2.35. The highest BCUT2D eigenvalue weighted by atomic mass is 35.5. The van der Waals surface area contributed by atoms with Crippen molar-refractivity contribution in [2.24, 2.45) is 0 Å². The first-order valence-electron chi connectivity index (χ1n) is 12.0. The molecule has 0 aromatic heterocycles. The van der Waals surface area contributed by atoms with Gasteiger partial charge in [-0.1, -0.05) is 36.2 Å². The third-order valence-electron chi connectivity index (χ3n) is 5.87. The number of likely N-dealkylation sites (N-methyl/N-ethyl adjacent to an activating group) is 1. The number of hydrogen-bond donors (Lipinski definition) is 1. The molecule has 1 atom stereocenters. The first-order chi connectivity index (χ1) is 17.6. The highest BCUT2D eigenvalue weighted by Gasteiger charge is 2.32. The summed E-state index contributed by atoms with van der Waals surface area (Å²) in [6.07, 6.45) is 0.323. The summed E-state index contributed by atoms with van der Waals surface area (Å²) < 4.78 is 38.4. The van der Waals surface area contributed by atoms with E-state index >= 15 is 0 Å². The van der Waals surface area contributed by atoms with E-state index in [-0.39, 0.29) is 23.9 Å². The zero-order valence-electron chi connectivity index (χ0n) is 21.0. The van der Waals surface area contributed by atoms with Gasteiger partial charge in [-0.2, -0.15) is 0 Å². The zero-order chi connectivity index (χ0) is 27.2. The van der Waals surface area contributed by atoms with Gasteiger partial charge < -0.3 is 19.7 Å². The molecule has 37 heavy (non-hydrogen) atoms. The fourth-order valence-corrected chi connectivity index (χ4v) is 5.33. The minimum Gasteiger partial charge on any atom is -0.486 e. The number of halogens is 2. The number of fused-ring (bicyclic) bond motifs is 1. The van der Waals surface area contributed by atoms with Gasteiger partial charge >= 0.3 is 0 Å². The monoisotopic (exact) mass is 571 g/mol. The Morgan fingerprint density at radius 2 is 1.70 bits per heavy atom. The highest BCUT2D eigenvalue weighted by molar-refractivity contribution is 7.92. The van der Waals surface area contributed by atoms with Crippen molar-refractivity contribution in [3.63, 3.8) is 0 Å². The maximum atomic E-state index is 13.8. The van der Waals surface area contributed by atoms with Gasteiger partial charge in [-0.15, -0.1) is 0 Å². The Balaban J connectivity index is 1.99. The van der Waals surface area contributed by atoms with Gasteiger partial charge in [-0.05, 0) is 50.1 Å². The second kappa shape index (κ2) is 12.7. The molecule has 0 saturated heterocycles. The number of anilines is 1. The Morgan fingerprint density at radius 1 is 1.00 bits per heavy atom. The van der Waals surface area contributed by atoms with Gasteiger partial charge in [0.1, 0.15) is 25.8 Å². The number of carbonyl (C=O) groups is 2. The van der Waals surface area contributed by atoms with E-state index in [0.717, 1.165) is 4.31 Å². The largest absolute Gasteiger partial charge is 0.486 e. The van der Waals surface area contributed by atoms with Crippen molar-refractivity contribution in [1.82, 2.24) is 10.2 Å². The molecule has 9 nitrogen and oxygen atoms in total. The number of carbonyl (C=O) groups excluding carboxylic acids is 2. The van der Waals surface area contributed by atoms with Crippen LogP contribution < -0.4 is 19.1 Å². The lowest BCUT2D eigenvalue weighted by Gasteiger charge is -2.33. The molecule has 12 heteroatoms. The third-order valence-corrected chi connectivity index (χ3v) is 8.35. The lowest BCUT2D eigenvalue weighted by atomic mass is 10.1. The summed E-state index contributed by atoms with van der Waals surface area (Å²) in [6, 6.07) is 8.84. The molecule has 0 bridgehead atoms. The van der Waals surface area contributed by atoms with Crippen molar-refractivity contribution in [2.45, 2.75) is 39.8 Å². The standard InChI is InChI=1S/C25H31Cl2N3O6S/c1-4-21(25(32)28-5-2)29(15-17-7-9-19(26)20(27)13-17)24(31)16-30(37(33,34)6-3)18-8-10-22-23(14-18)36-12-11-35-22/h7-10,13-14,21H,4-6,11-12,15-16H2,1-3H3,(H,28,32)/t21-/m0/s1. The molecule has 0 spiro atoms. The average Bonchev–Trinajstić information content (AvgIpc) is 2.88. The van der Waals surface area contributed by atoms with E-state index in [2.05, 4.69) is 5.32 Å². The summed E-state index contributed by atoms with van der Waals surface area (Å²) in [6.45, 7) is 5.71. The molecular formula is C25H31Cl2N3O6S. The van der Waals surface area contributed by atoms with E-state index in [4.69, 9.17) is 32.7 Å². The van der Waals surface area contributed by atoms with E-state index in [1.807, 2.05) is 0 Å². The smallest absolute Gasteiger partial charge is 0.244 e. The zero-order valence-corrected chi connectivity index (χ0v) is 23.3. The number of amides is 2. The van der Waals surface area contributed by atoms with Crippen LogP contribution in [0, 0.1) is 0 Å². The molecule has 0 unspecified atom stereocenters. The molecule has 0 aliphatic carbocycles. The second-order valence-corrected chi connectivity index (χ2v) is 11.3. The molecule has 0 radical (unpaired) electrons. The van der Waals surface area contributed by atoms with Crippen LogP contribution in [-0.4, -0.2) is 63.2 Å². The van der Waals surface area contributed by atoms with Gasteiger partial charge in [0.05, 0.1) is 21.5 Å². The van der Waals surface area contributed by atoms with Crippen molar-refractivity contribution in [3.8, 4) is 11.5 Å². The minimum absolute atomic E-state index is 0.0342. The van der Waals surface area contributed by atoms with Gasteiger partial charge in [-0.25, -0.2) is 8.42 Å². The molecule has 1 aliphatic rings. The van der Waals surface area contributed by atoms with Crippen LogP contribution in [-0.2, 0) is 26.2 Å². The van der Waals surface area contributed by atoms with Crippen molar-refractivity contribution < 1.29 is 27.5 Å². The molecular weight excluding hydrogens is 541 g/mol. The number of rotatable bonds is 11. The molecule has 202 valence electrons. The third kappa shape index (κ3) is 7.00. The lowest BCUT2D eigenvalue weighted by Crippen LogP contribution is -2.52. The first kappa shape index (κ1) is 28.9. The minimum atomic E-state index is -3.87. The van der Waals surface area contributed by atoms with E-state index in [9.17, 15) is 18.0 Å². The molecule has 1 aliphatic heterocycles. The van der Waals surface area contributed by atoms with Crippen LogP contribution in [0.2, 0.25) is 10.0 Å². The second-order valence-electron chi connectivity index (χ2n) is 8.32. The molecule has 0 saturated carbocycles. The Kier molecular flexibility index (Phi) is 9.92. The van der Waals surface area contributed by atoms with Crippen LogP contribution in [0.4, 0.5) is 5.69 Å². The number of ether oxygens (including phenoxy) is 2. The summed E-state index contributed by atoms with van der Waals surface area (Å²) in [7, 11) is -3.87. The normalized spacial score (nSPS) is 13.5. The maximum absolute atomic E-state index is 13.8. The topological polar surface area (TPSA) is 105 Å². The molecule has 1 N–H and O–H groups in total.